The fourth-order valence-electron chi connectivity index (χ4n) is 1.74. The van der Waals surface area contributed by atoms with E-state index in [-0.39, 0.29) is 5.82 Å². The molecule has 0 aliphatic heterocycles. The first kappa shape index (κ1) is 12.9. The normalized spacial score (nSPS) is 10.9. The number of benzene rings is 1. The van der Waals surface area contributed by atoms with Crippen molar-refractivity contribution in [3.63, 3.8) is 0 Å². The number of imidazole rings is 1. The fourth-order valence-corrected chi connectivity index (χ4v) is 2.59. The average molecular weight is 292 g/mol. The Hall–Kier alpha value is -2.15. The summed E-state index contributed by atoms with van der Waals surface area (Å²) in [5.74, 6) is 0.384. The van der Waals surface area contributed by atoms with Crippen molar-refractivity contribution in [2.24, 2.45) is 0 Å². The summed E-state index contributed by atoms with van der Waals surface area (Å²) < 4.78 is 19.9. The highest BCUT2D eigenvalue weighted by Crippen LogP contribution is 2.18. The first-order valence-electron chi connectivity index (χ1n) is 6.16. The van der Waals surface area contributed by atoms with Gasteiger partial charge in [-0.15, -0.1) is 5.10 Å². The van der Waals surface area contributed by atoms with Crippen molar-refractivity contribution in [2.75, 3.05) is 18.5 Å². The summed E-state index contributed by atoms with van der Waals surface area (Å²) in [5, 5.41) is 8.32. The molecule has 0 bridgehead atoms. The second-order valence-corrected chi connectivity index (χ2v) is 5.20. The number of anilines is 1. The molecule has 1 N–H and O–H groups in total. The van der Waals surface area contributed by atoms with E-state index < -0.39 is 0 Å². The van der Waals surface area contributed by atoms with Gasteiger partial charge in [0.05, 0.1) is 18.4 Å². The summed E-state index contributed by atoms with van der Waals surface area (Å²) >= 11 is 1.49. The standard InChI is InChI=1S/C13H13FN4OS/c1-9-8-18-13(16-9)20-12(17-18)15-6-7-19-11-4-2-10(14)3-5-11/h2-5,8H,6-7H2,1H3,(H,15,17). The van der Waals surface area contributed by atoms with Crippen molar-refractivity contribution >= 4 is 21.4 Å². The van der Waals surface area contributed by atoms with E-state index in [9.17, 15) is 4.39 Å². The molecule has 0 aliphatic rings. The number of aryl methyl sites for hydroxylation is 1. The van der Waals surface area contributed by atoms with Gasteiger partial charge in [0.1, 0.15) is 18.2 Å². The van der Waals surface area contributed by atoms with E-state index in [1.165, 1.54) is 23.5 Å². The van der Waals surface area contributed by atoms with Gasteiger partial charge in [-0.25, -0.2) is 13.9 Å². The van der Waals surface area contributed by atoms with Gasteiger partial charge in [-0.05, 0) is 31.2 Å². The molecule has 104 valence electrons. The molecule has 0 spiro atoms. The Bertz CT molecular complexity index is 675. The first-order chi connectivity index (χ1) is 9.70. The Kier molecular flexibility index (Phi) is 3.51. The van der Waals surface area contributed by atoms with E-state index in [2.05, 4.69) is 15.4 Å². The summed E-state index contributed by atoms with van der Waals surface area (Å²) in [4.78, 5) is 5.20. The van der Waals surface area contributed by atoms with Gasteiger partial charge in [-0.2, -0.15) is 0 Å². The third-order valence-electron chi connectivity index (χ3n) is 2.62. The molecule has 7 heteroatoms. The van der Waals surface area contributed by atoms with Crippen molar-refractivity contribution < 1.29 is 9.13 Å². The van der Waals surface area contributed by atoms with Gasteiger partial charge in [-0.3, -0.25) is 0 Å². The minimum absolute atomic E-state index is 0.267. The van der Waals surface area contributed by atoms with E-state index in [1.807, 2.05) is 13.1 Å². The SMILES string of the molecule is Cc1cn2nc(NCCOc3ccc(F)cc3)sc2n1. The maximum Gasteiger partial charge on any atom is 0.214 e. The maximum absolute atomic E-state index is 12.7. The van der Waals surface area contributed by atoms with Gasteiger partial charge in [0.2, 0.25) is 10.1 Å². The first-order valence-corrected chi connectivity index (χ1v) is 6.97. The summed E-state index contributed by atoms with van der Waals surface area (Å²) in [6.07, 6.45) is 1.88. The van der Waals surface area contributed by atoms with Gasteiger partial charge in [0, 0.05) is 0 Å². The molecule has 3 aromatic rings. The van der Waals surface area contributed by atoms with Crippen LogP contribution in [0.15, 0.2) is 30.5 Å². The lowest BCUT2D eigenvalue weighted by Crippen LogP contribution is -2.11. The van der Waals surface area contributed by atoms with Crippen LogP contribution in [-0.4, -0.2) is 27.7 Å². The zero-order chi connectivity index (χ0) is 13.9. The molecule has 0 aliphatic carbocycles. The van der Waals surface area contributed by atoms with Gasteiger partial charge >= 0.3 is 0 Å². The van der Waals surface area contributed by atoms with Gasteiger partial charge in [0.15, 0.2) is 0 Å². The number of hydrogen-bond acceptors (Lipinski definition) is 5. The van der Waals surface area contributed by atoms with E-state index in [0.717, 1.165) is 15.8 Å². The van der Waals surface area contributed by atoms with Crippen LogP contribution in [0.2, 0.25) is 0 Å². The van der Waals surface area contributed by atoms with E-state index in [4.69, 9.17) is 4.74 Å². The van der Waals surface area contributed by atoms with Crippen molar-refractivity contribution in [2.45, 2.75) is 6.92 Å². The van der Waals surface area contributed by atoms with Crippen LogP contribution in [0, 0.1) is 12.7 Å². The zero-order valence-corrected chi connectivity index (χ0v) is 11.7. The lowest BCUT2D eigenvalue weighted by molar-refractivity contribution is 0.332. The van der Waals surface area contributed by atoms with Crippen molar-refractivity contribution in [3.05, 3.63) is 42.0 Å². The highest BCUT2D eigenvalue weighted by molar-refractivity contribution is 7.20. The van der Waals surface area contributed by atoms with Crippen LogP contribution in [0.3, 0.4) is 0 Å². The number of rotatable bonds is 5. The molecule has 2 heterocycles. The molecule has 0 saturated heterocycles. The average Bonchev–Trinajstić information content (AvgIpc) is 2.93. The molecule has 1 aromatic carbocycles. The van der Waals surface area contributed by atoms with Crippen molar-refractivity contribution in [1.29, 1.82) is 0 Å². The largest absolute Gasteiger partial charge is 0.492 e. The summed E-state index contributed by atoms with van der Waals surface area (Å²) in [5.41, 5.74) is 0.954. The molecule has 3 rings (SSSR count). The van der Waals surface area contributed by atoms with Crippen LogP contribution in [0.25, 0.3) is 4.96 Å². The third kappa shape index (κ3) is 2.88. The molecule has 5 nitrogen and oxygen atoms in total. The Balaban J connectivity index is 1.49. The number of aromatic nitrogens is 3. The fraction of sp³-hybridized carbons (Fsp3) is 0.231. The Labute approximate surface area is 119 Å². The van der Waals surface area contributed by atoms with E-state index in [0.29, 0.717) is 18.9 Å². The summed E-state index contributed by atoms with van der Waals surface area (Å²) in [6.45, 7) is 3.03. The smallest absolute Gasteiger partial charge is 0.214 e. The van der Waals surface area contributed by atoms with E-state index >= 15 is 0 Å². The van der Waals surface area contributed by atoms with Crippen LogP contribution in [0.1, 0.15) is 5.69 Å². The van der Waals surface area contributed by atoms with Crippen LogP contribution < -0.4 is 10.1 Å². The highest BCUT2D eigenvalue weighted by atomic mass is 32.1. The van der Waals surface area contributed by atoms with Gasteiger partial charge in [0.25, 0.3) is 0 Å². The topological polar surface area (TPSA) is 51.5 Å². The molecule has 0 radical (unpaired) electrons. The number of fused-ring (bicyclic) bond motifs is 1. The molecule has 2 aromatic heterocycles. The predicted octanol–water partition coefficient (Wildman–Crippen LogP) is 2.73. The van der Waals surface area contributed by atoms with Crippen LogP contribution in [0.5, 0.6) is 5.75 Å². The number of halogens is 1. The monoisotopic (exact) mass is 292 g/mol. The number of nitrogens with one attached hydrogen (secondary N) is 1. The van der Waals surface area contributed by atoms with E-state index in [1.54, 1.807) is 16.6 Å². The van der Waals surface area contributed by atoms with Crippen LogP contribution in [-0.2, 0) is 0 Å². The molecule has 20 heavy (non-hydrogen) atoms. The van der Waals surface area contributed by atoms with Gasteiger partial charge < -0.3 is 10.1 Å². The molecule has 0 fully saturated rings. The van der Waals surface area contributed by atoms with Crippen molar-refractivity contribution in [1.82, 2.24) is 14.6 Å². The Morgan fingerprint density at radius 3 is 2.90 bits per heavy atom. The lowest BCUT2D eigenvalue weighted by atomic mass is 10.3. The summed E-state index contributed by atoms with van der Waals surface area (Å²) in [6, 6.07) is 5.97. The molecule has 0 atom stereocenters. The minimum Gasteiger partial charge on any atom is -0.492 e. The zero-order valence-electron chi connectivity index (χ0n) is 10.8. The van der Waals surface area contributed by atoms with Crippen LogP contribution in [0.4, 0.5) is 9.52 Å². The number of nitrogens with zero attached hydrogens (tertiary/aromatic N) is 3. The van der Waals surface area contributed by atoms with Crippen LogP contribution >= 0.6 is 11.3 Å². The second-order valence-electron chi connectivity index (χ2n) is 4.25. The molecular weight excluding hydrogens is 279 g/mol. The molecule has 0 amide bonds. The van der Waals surface area contributed by atoms with Crippen molar-refractivity contribution in [3.8, 4) is 5.75 Å². The Morgan fingerprint density at radius 2 is 2.15 bits per heavy atom. The maximum atomic E-state index is 12.7. The molecule has 0 unspecified atom stereocenters. The summed E-state index contributed by atoms with van der Waals surface area (Å²) in [7, 11) is 0. The quantitative estimate of drug-likeness (QED) is 0.735. The number of ether oxygens (including phenoxy) is 1. The molecule has 0 saturated carbocycles. The third-order valence-corrected chi connectivity index (χ3v) is 3.50. The minimum atomic E-state index is -0.267. The number of hydrogen-bond donors (Lipinski definition) is 1. The van der Waals surface area contributed by atoms with Gasteiger partial charge in [-0.1, -0.05) is 11.3 Å². The highest BCUT2D eigenvalue weighted by Gasteiger charge is 2.05. The molecular formula is C13H13FN4OS. The Morgan fingerprint density at radius 1 is 1.35 bits per heavy atom. The second kappa shape index (κ2) is 5.46. The lowest BCUT2D eigenvalue weighted by Gasteiger charge is -2.06. The predicted molar refractivity (Wildman–Crippen MR) is 76.0 cm³/mol.